The number of carboxylic acid groups (broad SMARTS) is 1. The summed E-state index contributed by atoms with van der Waals surface area (Å²) in [6, 6.07) is 6.94. The standard InChI is InChI=1S/C17H17N3O4S2/c1-10(16(23)24)9-14(21)19-12-3-5-13(6-4-12)26-11(2)15(22)20-17-18-7-8-25-17/h3-9,11H,1-2H3,(H,19,21)(H,23,24)(H,18,20,22)/b10-9-/t11-/m1/s1. The molecule has 9 heteroatoms. The van der Waals surface area contributed by atoms with Crippen LogP contribution in [0.1, 0.15) is 13.8 Å². The predicted molar refractivity (Wildman–Crippen MR) is 103 cm³/mol. The summed E-state index contributed by atoms with van der Waals surface area (Å²) in [5, 5.41) is 16.1. The molecule has 0 unspecified atom stereocenters. The summed E-state index contributed by atoms with van der Waals surface area (Å²) in [6.07, 6.45) is 2.65. The third-order valence-corrected chi connectivity index (χ3v) is 4.95. The Morgan fingerprint density at radius 2 is 1.92 bits per heavy atom. The zero-order chi connectivity index (χ0) is 19.1. The molecule has 0 aliphatic rings. The van der Waals surface area contributed by atoms with E-state index in [9.17, 15) is 14.4 Å². The van der Waals surface area contributed by atoms with E-state index in [4.69, 9.17) is 5.11 Å². The molecule has 2 aromatic rings. The zero-order valence-corrected chi connectivity index (χ0v) is 15.7. The molecule has 26 heavy (non-hydrogen) atoms. The number of aromatic nitrogens is 1. The largest absolute Gasteiger partial charge is 0.478 e. The number of carboxylic acids is 1. The van der Waals surface area contributed by atoms with Gasteiger partial charge in [0, 0.05) is 33.8 Å². The maximum atomic E-state index is 12.1. The highest BCUT2D eigenvalue weighted by atomic mass is 32.2. The van der Waals surface area contributed by atoms with E-state index in [1.165, 1.54) is 30.0 Å². The Morgan fingerprint density at radius 1 is 1.23 bits per heavy atom. The molecular formula is C17H17N3O4S2. The molecule has 1 atom stereocenters. The van der Waals surface area contributed by atoms with Crippen LogP contribution >= 0.6 is 23.1 Å². The van der Waals surface area contributed by atoms with Gasteiger partial charge in [0.15, 0.2) is 5.13 Å². The second-order valence-electron chi connectivity index (χ2n) is 5.23. The van der Waals surface area contributed by atoms with Gasteiger partial charge < -0.3 is 15.7 Å². The van der Waals surface area contributed by atoms with Crippen LogP contribution in [0.15, 0.2) is 52.4 Å². The van der Waals surface area contributed by atoms with Gasteiger partial charge in [-0.15, -0.1) is 23.1 Å². The second kappa shape index (κ2) is 9.16. The quantitative estimate of drug-likeness (QED) is 0.494. The van der Waals surface area contributed by atoms with Crippen LogP contribution in [-0.2, 0) is 14.4 Å². The number of nitrogens with one attached hydrogen (secondary N) is 2. The number of aliphatic carboxylic acids is 1. The first-order valence-corrected chi connectivity index (χ1v) is 9.30. The molecule has 3 N–H and O–H groups in total. The Morgan fingerprint density at radius 3 is 2.50 bits per heavy atom. The Balaban J connectivity index is 1.90. The molecule has 0 aliphatic heterocycles. The fraction of sp³-hybridized carbons (Fsp3) is 0.176. The van der Waals surface area contributed by atoms with E-state index >= 15 is 0 Å². The average molecular weight is 391 g/mol. The lowest BCUT2D eigenvalue weighted by Crippen LogP contribution is -2.22. The summed E-state index contributed by atoms with van der Waals surface area (Å²) in [4.78, 5) is 39.4. The van der Waals surface area contributed by atoms with Gasteiger partial charge in [-0.25, -0.2) is 9.78 Å². The van der Waals surface area contributed by atoms with Crippen molar-refractivity contribution in [3.05, 3.63) is 47.5 Å². The van der Waals surface area contributed by atoms with E-state index in [0.29, 0.717) is 10.8 Å². The monoisotopic (exact) mass is 391 g/mol. The molecule has 1 aromatic heterocycles. The van der Waals surface area contributed by atoms with Gasteiger partial charge in [0.1, 0.15) is 0 Å². The van der Waals surface area contributed by atoms with E-state index in [0.717, 1.165) is 11.0 Å². The van der Waals surface area contributed by atoms with Crippen molar-refractivity contribution in [2.24, 2.45) is 0 Å². The van der Waals surface area contributed by atoms with Crippen LogP contribution in [0.25, 0.3) is 0 Å². The third kappa shape index (κ3) is 6.01. The van der Waals surface area contributed by atoms with E-state index in [1.54, 1.807) is 42.8 Å². The number of thiazole rings is 1. The number of rotatable bonds is 7. The van der Waals surface area contributed by atoms with Crippen molar-refractivity contribution in [1.82, 2.24) is 4.98 Å². The molecule has 2 rings (SSSR count). The molecule has 0 bridgehead atoms. The fourth-order valence-corrected chi connectivity index (χ4v) is 3.20. The van der Waals surface area contributed by atoms with E-state index in [2.05, 4.69) is 15.6 Å². The van der Waals surface area contributed by atoms with Crippen LogP contribution in [-0.4, -0.2) is 33.1 Å². The molecule has 0 aliphatic carbocycles. The first-order chi connectivity index (χ1) is 12.3. The average Bonchev–Trinajstić information content (AvgIpc) is 3.09. The highest BCUT2D eigenvalue weighted by Gasteiger charge is 2.15. The molecular weight excluding hydrogens is 374 g/mol. The van der Waals surface area contributed by atoms with Gasteiger partial charge in [-0.3, -0.25) is 9.59 Å². The first-order valence-electron chi connectivity index (χ1n) is 7.55. The molecule has 0 saturated carbocycles. The minimum atomic E-state index is -1.14. The number of thioether (sulfide) groups is 1. The summed E-state index contributed by atoms with van der Waals surface area (Å²) < 4.78 is 0. The lowest BCUT2D eigenvalue weighted by atomic mass is 10.2. The van der Waals surface area contributed by atoms with Gasteiger partial charge in [0.25, 0.3) is 0 Å². The molecule has 2 amide bonds. The van der Waals surface area contributed by atoms with Crippen molar-refractivity contribution >= 4 is 51.7 Å². The molecule has 0 radical (unpaired) electrons. The van der Waals surface area contributed by atoms with Gasteiger partial charge in [-0.05, 0) is 38.1 Å². The van der Waals surface area contributed by atoms with Gasteiger partial charge in [0.2, 0.25) is 11.8 Å². The van der Waals surface area contributed by atoms with Crippen LogP contribution in [0.3, 0.4) is 0 Å². The van der Waals surface area contributed by atoms with Crippen LogP contribution in [0, 0.1) is 0 Å². The normalized spacial score (nSPS) is 12.3. The number of carbonyl (C=O) groups is 3. The Labute approximate surface area is 158 Å². The van der Waals surface area contributed by atoms with E-state index in [1.807, 2.05) is 0 Å². The SMILES string of the molecule is C/C(=C/C(=O)Nc1ccc(S[C@H](C)C(=O)Nc2nccs2)cc1)C(=O)O. The molecule has 7 nitrogen and oxygen atoms in total. The summed E-state index contributed by atoms with van der Waals surface area (Å²) in [5.41, 5.74) is 0.489. The fourth-order valence-electron chi connectivity index (χ4n) is 1.80. The molecule has 0 spiro atoms. The number of benzene rings is 1. The van der Waals surface area contributed by atoms with Crippen molar-refractivity contribution in [2.75, 3.05) is 10.6 Å². The van der Waals surface area contributed by atoms with Crippen molar-refractivity contribution in [3.63, 3.8) is 0 Å². The molecule has 136 valence electrons. The zero-order valence-electron chi connectivity index (χ0n) is 14.1. The minimum absolute atomic E-state index is 0.0465. The number of hydrogen-bond donors (Lipinski definition) is 3. The maximum Gasteiger partial charge on any atom is 0.331 e. The van der Waals surface area contributed by atoms with Crippen molar-refractivity contribution in [2.45, 2.75) is 24.0 Å². The Bertz CT molecular complexity index is 817. The summed E-state index contributed by atoms with van der Waals surface area (Å²) in [7, 11) is 0. The topological polar surface area (TPSA) is 108 Å². The van der Waals surface area contributed by atoms with Gasteiger partial charge in [0.05, 0.1) is 5.25 Å². The molecule has 1 aromatic carbocycles. The summed E-state index contributed by atoms with van der Waals surface area (Å²) in [5.74, 6) is -1.80. The van der Waals surface area contributed by atoms with Crippen molar-refractivity contribution in [1.29, 1.82) is 0 Å². The predicted octanol–water partition coefficient (Wildman–Crippen LogP) is 3.23. The number of amides is 2. The minimum Gasteiger partial charge on any atom is -0.478 e. The number of hydrogen-bond acceptors (Lipinski definition) is 6. The second-order valence-corrected chi connectivity index (χ2v) is 7.54. The number of anilines is 2. The summed E-state index contributed by atoms with van der Waals surface area (Å²) in [6.45, 7) is 3.14. The van der Waals surface area contributed by atoms with Crippen LogP contribution < -0.4 is 10.6 Å². The van der Waals surface area contributed by atoms with Crippen molar-refractivity contribution < 1.29 is 19.5 Å². The van der Waals surface area contributed by atoms with Gasteiger partial charge in [-0.2, -0.15) is 0 Å². The van der Waals surface area contributed by atoms with Gasteiger partial charge >= 0.3 is 5.97 Å². The molecule has 1 heterocycles. The van der Waals surface area contributed by atoms with Crippen LogP contribution in [0.5, 0.6) is 0 Å². The van der Waals surface area contributed by atoms with Crippen molar-refractivity contribution in [3.8, 4) is 0 Å². The third-order valence-electron chi connectivity index (χ3n) is 3.15. The first kappa shape index (κ1) is 19.7. The van der Waals surface area contributed by atoms with E-state index < -0.39 is 11.9 Å². The van der Waals surface area contributed by atoms with Crippen LogP contribution in [0.4, 0.5) is 10.8 Å². The highest BCUT2D eigenvalue weighted by Crippen LogP contribution is 2.26. The molecule has 0 fully saturated rings. The van der Waals surface area contributed by atoms with Crippen LogP contribution in [0.2, 0.25) is 0 Å². The Kier molecular flexibility index (Phi) is 6.93. The molecule has 0 saturated heterocycles. The van der Waals surface area contributed by atoms with Gasteiger partial charge in [-0.1, -0.05) is 0 Å². The lowest BCUT2D eigenvalue weighted by molar-refractivity contribution is -0.132. The lowest BCUT2D eigenvalue weighted by Gasteiger charge is -2.11. The number of carbonyl (C=O) groups excluding carboxylic acids is 2. The highest BCUT2D eigenvalue weighted by molar-refractivity contribution is 8.00. The Hall–Kier alpha value is -2.65. The summed E-state index contributed by atoms with van der Waals surface area (Å²) >= 11 is 2.73. The number of nitrogens with zero attached hydrogens (tertiary/aromatic N) is 1. The smallest absolute Gasteiger partial charge is 0.331 e. The van der Waals surface area contributed by atoms with E-state index in [-0.39, 0.29) is 16.7 Å². The maximum absolute atomic E-state index is 12.1.